The van der Waals surface area contributed by atoms with Gasteiger partial charge in [-0.15, -0.1) is 0 Å². The fourth-order valence-corrected chi connectivity index (χ4v) is 3.71. The van der Waals surface area contributed by atoms with Gasteiger partial charge >= 0.3 is 0 Å². The zero-order valence-electron chi connectivity index (χ0n) is 14.5. The summed E-state index contributed by atoms with van der Waals surface area (Å²) in [5, 5.41) is 2.54. The highest BCUT2D eigenvalue weighted by Gasteiger charge is 2.15. The molecule has 2 N–H and O–H groups in total. The zero-order chi connectivity index (χ0) is 20.0. The van der Waals surface area contributed by atoms with E-state index in [1.165, 1.54) is 37.3 Å². The molecule has 0 atom stereocenters. The number of amides is 1. The monoisotopic (exact) mass is 456 g/mol. The van der Waals surface area contributed by atoms with Crippen molar-refractivity contribution >= 4 is 37.6 Å². The van der Waals surface area contributed by atoms with Gasteiger partial charge in [0.1, 0.15) is 5.82 Å². The third-order valence-electron chi connectivity index (χ3n) is 3.68. The Morgan fingerprint density at radius 3 is 2.59 bits per heavy atom. The number of sulfonamides is 1. The maximum absolute atomic E-state index is 13.6. The summed E-state index contributed by atoms with van der Waals surface area (Å²) >= 11 is 3.23. The van der Waals surface area contributed by atoms with Gasteiger partial charge < -0.3 is 5.32 Å². The Hall–Kier alpha value is -2.10. The maximum atomic E-state index is 13.6. The molecule has 0 aromatic heterocycles. The van der Waals surface area contributed by atoms with E-state index < -0.39 is 21.7 Å². The quantitative estimate of drug-likeness (QED) is 0.597. The second-order valence-corrected chi connectivity index (χ2v) is 8.43. The van der Waals surface area contributed by atoms with Gasteiger partial charge in [0.15, 0.2) is 5.78 Å². The average Bonchev–Trinajstić information content (AvgIpc) is 2.62. The zero-order valence-corrected chi connectivity index (χ0v) is 16.9. The lowest BCUT2D eigenvalue weighted by molar-refractivity contribution is -0.121. The number of ketones is 1. The molecule has 27 heavy (non-hydrogen) atoms. The molecule has 9 heteroatoms. The third kappa shape index (κ3) is 6.23. The molecule has 0 unspecified atom stereocenters. The number of halogens is 2. The summed E-state index contributed by atoms with van der Waals surface area (Å²) in [6.07, 6.45) is -0.110. The molecule has 0 aliphatic heterocycles. The van der Waals surface area contributed by atoms with Gasteiger partial charge in [0, 0.05) is 35.1 Å². The molecule has 0 aliphatic rings. The van der Waals surface area contributed by atoms with Crippen LogP contribution in [-0.2, 0) is 21.4 Å². The van der Waals surface area contributed by atoms with Crippen LogP contribution < -0.4 is 10.0 Å². The molecular weight excluding hydrogens is 439 g/mol. The number of hydrogen-bond acceptors (Lipinski definition) is 4. The van der Waals surface area contributed by atoms with E-state index in [2.05, 4.69) is 26.0 Å². The van der Waals surface area contributed by atoms with Crippen molar-refractivity contribution in [3.8, 4) is 0 Å². The first kappa shape index (κ1) is 21.2. The van der Waals surface area contributed by atoms with Gasteiger partial charge in [-0.25, -0.2) is 17.5 Å². The third-order valence-corrected chi connectivity index (χ3v) is 5.63. The fraction of sp³-hybridized carbons (Fsp3) is 0.222. The number of hydrogen-bond donors (Lipinski definition) is 2. The summed E-state index contributed by atoms with van der Waals surface area (Å²) in [5.74, 6) is -1.11. The second kappa shape index (κ2) is 9.20. The highest BCUT2D eigenvalue weighted by molar-refractivity contribution is 9.10. The Bertz CT molecular complexity index is 964. The molecule has 0 spiro atoms. The molecule has 0 bridgehead atoms. The van der Waals surface area contributed by atoms with Crippen LogP contribution in [-0.4, -0.2) is 26.7 Å². The van der Waals surface area contributed by atoms with Crippen LogP contribution in [0, 0.1) is 5.82 Å². The number of Topliss-reactive ketones (excluding diaryl/α,β-unsaturated/α-hetero) is 1. The van der Waals surface area contributed by atoms with Crippen molar-refractivity contribution in [2.45, 2.75) is 24.8 Å². The summed E-state index contributed by atoms with van der Waals surface area (Å²) in [4.78, 5) is 23.2. The Balaban J connectivity index is 1.87. The van der Waals surface area contributed by atoms with Crippen LogP contribution in [0.5, 0.6) is 0 Å². The van der Waals surface area contributed by atoms with E-state index in [9.17, 15) is 22.4 Å². The topological polar surface area (TPSA) is 92.3 Å². The normalized spacial score (nSPS) is 11.2. The van der Waals surface area contributed by atoms with Gasteiger partial charge in [-0.05, 0) is 37.3 Å². The summed E-state index contributed by atoms with van der Waals surface area (Å²) in [7, 11) is -3.84. The lowest BCUT2D eigenvalue weighted by Gasteiger charge is -2.09. The van der Waals surface area contributed by atoms with Crippen molar-refractivity contribution < 1.29 is 22.4 Å². The first-order valence-electron chi connectivity index (χ1n) is 8.00. The molecule has 0 saturated carbocycles. The molecule has 1 amide bonds. The Morgan fingerprint density at radius 1 is 1.15 bits per heavy atom. The van der Waals surface area contributed by atoms with E-state index in [4.69, 9.17) is 0 Å². The number of benzene rings is 2. The molecule has 2 aromatic carbocycles. The molecule has 0 fully saturated rings. The number of nitrogens with one attached hydrogen (secondary N) is 2. The molecule has 6 nitrogen and oxygen atoms in total. The fourth-order valence-electron chi connectivity index (χ4n) is 2.23. The Morgan fingerprint density at radius 2 is 1.89 bits per heavy atom. The van der Waals surface area contributed by atoms with Crippen LogP contribution >= 0.6 is 15.9 Å². The molecule has 2 rings (SSSR count). The Labute approximate surface area is 165 Å². The van der Waals surface area contributed by atoms with E-state index >= 15 is 0 Å². The van der Waals surface area contributed by atoms with Gasteiger partial charge in [-0.2, -0.15) is 0 Å². The summed E-state index contributed by atoms with van der Waals surface area (Å²) in [6.45, 7) is 1.22. The van der Waals surface area contributed by atoms with Crippen LogP contribution in [0.3, 0.4) is 0 Å². The minimum Gasteiger partial charge on any atom is -0.352 e. The highest BCUT2D eigenvalue weighted by atomic mass is 79.9. The first-order valence-corrected chi connectivity index (χ1v) is 10.3. The van der Waals surface area contributed by atoms with E-state index in [1.54, 1.807) is 12.1 Å². The van der Waals surface area contributed by atoms with Crippen LogP contribution in [0.4, 0.5) is 4.39 Å². The van der Waals surface area contributed by atoms with Gasteiger partial charge in [0.05, 0.1) is 4.90 Å². The van der Waals surface area contributed by atoms with E-state index in [1.807, 2.05) is 0 Å². The van der Waals surface area contributed by atoms with Gasteiger partial charge in [0.25, 0.3) is 0 Å². The van der Waals surface area contributed by atoms with Crippen molar-refractivity contribution in [2.75, 3.05) is 6.54 Å². The first-order chi connectivity index (χ1) is 12.7. The SMILES string of the molecule is CC(=O)c1cccc(S(=O)(=O)NCCC(=O)NCc2cc(Br)ccc2F)c1. The standard InChI is InChI=1S/C18H18BrFN2O4S/c1-12(23)13-3-2-4-16(10-13)27(25,26)22-8-7-18(24)21-11-14-9-15(19)5-6-17(14)20/h2-6,9-10,22H,7-8,11H2,1H3,(H,21,24). The minimum absolute atomic E-state index is 0.00247. The molecule has 0 heterocycles. The van der Waals surface area contributed by atoms with Crippen LogP contribution in [0.25, 0.3) is 0 Å². The van der Waals surface area contributed by atoms with Crippen molar-refractivity contribution in [3.05, 3.63) is 63.9 Å². The van der Waals surface area contributed by atoms with Gasteiger partial charge in [-0.1, -0.05) is 28.1 Å². The lowest BCUT2D eigenvalue weighted by Crippen LogP contribution is -2.30. The average molecular weight is 457 g/mol. The Kier molecular flexibility index (Phi) is 7.23. The predicted molar refractivity (Wildman–Crippen MR) is 102 cm³/mol. The van der Waals surface area contributed by atoms with E-state index in [0.29, 0.717) is 10.0 Å². The van der Waals surface area contributed by atoms with Crippen molar-refractivity contribution in [1.82, 2.24) is 10.0 Å². The molecular formula is C18H18BrFN2O4S. The second-order valence-electron chi connectivity index (χ2n) is 5.74. The number of rotatable bonds is 8. The van der Waals surface area contributed by atoms with E-state index in [-0.39, 0.29) is 35.8 Å². The van der Waals surface area contributed by atoms with Gasteiger partial charge in [-0.3, -0.25) is 9.59 Å². The molecule has 0 saturated heterocycles. The predicted octanol–water partition coefficient (Wildman–Crippen LogP) is 2.78. The largest absolute Gasteiger partial charge is 0.352 e. The summed E-state index contributed by atoms with van der Waals surface area (Å²) in [5.41, 5.74) is 0.603. The van der Waals surface area contributed by atoms with Crippen LogP contribution in [0.2, 0.25) is 0 Å². The minimum atomic E-state index is -3.84. The van der Waals surface area contributed by atoms with Gasteiger partial charge in [0.2, 0.25) is 15.9 Å². The number of carbonyl (C=O) groups is 2. The van der Waals surface area contributed by atoms with Crippen LogP contribution in [0.15, 0.2) is 51.8 Å². The maximum Gasteiger partial charge on any atom is 0.240 e. The molecule has 144 valence electrons. The highest BCUT2D eigenvalue weighted by Crippen LogP contribution is 2.15. The summed E-state index contributed by atoms with van der Waals surface area (Å²) < 4.78 is 41.1. The molecule has 2 aromatic rings. The molecule has 0 aliphatic carbocycles. The lowest BCUT2D eigenvalue weighted by atomic mass is 10.2. The van der Waals surface area contributed by atoms with Crippen molar-refractivity contribution in [1.29, 1.82) is 0 Å². The molecule has 0 radical (unpaired) electrons. The van der Waals surface area contributed by atoms with E-state index in [0.717, 1.165) is 0 Å². The smallest absolute Gasteiger partial charge is 0.240 e. The number of carbonyl (C=O) groups excluding carboxylic acids is 2. The van der Waals surface area contributed by atoms with Crippen molar-refractivity contribution in [3.63, 3.8) is 0 Å². The summed E-state index contributed by atoms with van der Waals surface area (Å²) in [6, 6.07) is 10.0. The van der Waals surface area contributed by atoms with Crippen molar-refractivity contribution in [2.24, 2.45) is 0 Å². The van der Waals surface area contributed by atoms with Crippen LogP contribution in [0.1, 0.15) is 29.3 Å².